The minimum atomic E-state index is -0.389. The molecule has 1 fully saturated rings. The van der Waals surface area contributed by atoms with Crippen molar-refractivity contribution in [1.82, 2.24) is 14.5 Å². The second kappa shape index (κ2) is 4.89. The molecule has 114 valence electrons. The van der Waals surface area contributed by atoms with Crippen LogP contribution in [0.5, 0.6) is 0 Å². The van der Waals surface area contributed by atoms with Gasteiger partial charge in [-0.15, -0.1) is 0 Å². The molecule has 0 radical (unpaired) electrons. The summed E-state index contributed by atoms with van der Waals surface area (Å²) in [7, 11) is 0. The van der Waals surface area contributed by atoms with Gasteiger partial charge < -0.3 is 10.1 Å². The Morgan fingerprint density at radius 2 is 2.23 bits per heavy atom. The lowest BCUT2D eigenvalue weighted by Crippen LogP contribution is -2.21. The third-order valence-electron chi connectivity index (χ3n) is 4.33. The summed E-state index contributed by atoms with van der Waals surface area (Å²) in [5.41, 5.74) is 1.62. The monoisotopic (exact) mass is 365 g/mol. The molecule has 1 aliphatic rings. The van der Waals surface area contributed by atoms with Crippen molar-refractivity contribution in [3.8, 4) is 0 Å². The number of aliphatic hydroxyl groups excluding tert-OH is 1. The van der Waals surface area contributed by atoms with Crippen LogP contribution in [0.2, 0.25) is 0 Å². The van der Waals surface area contributed by atoms with E-state index < -0.39 is 0 Å². The minimum Gasteiger partial charge on any atom is -0.393 e. The van der Waals surface area contributed by atoms with Crippen LogP contribution in [0.3, 0.4) is 0 Å². The highest BCUT2D eigenvalue weighted by atomic mass is 79.9. The molecule has 7 heteroatoms. The third kappa shape index (κ3) is 1.99. The van der Waals surface area contributed by atoms with Crippen molar-refractivity contribution in [1.29, 1.82) is 0 Å². The molecule has 0 saturated heterocycles. The summed E-state index contributed by atoms with van der Waals surface area (Å²) in [5, 5.41) is 10.5. The maximum atomic E-state index is 13.7. The lowest BCUT2D eigenvalue weighted by molar-refractivity contribution is 0.178. The second-order valence-electron chi connectivity index (χ2n) is 5.72. The van der Waals surface area contributed by atoms with Crippen LogP contribution >= 0.6 is 15.9 Å². The van der Waals surface area contributed by atoms with Crippen molar-refractivity contribution in [3.63, 3.8) is 0 Å². The lowest BCUT2D eigenvalue weighted by atomic mass is 10.1. The number of halogens is 2. The van der Waals surface area contributed by atoms with E-state index in [4.69, 9.17) is 0 Å². The molecule has 2 heterocycles. The third-order valence-corrected chi connectivity index (χ3v) is 4.93. The van der Waals surface area contributed by atoms with E-state index >= 15 is 0 Å². The second-order valence-corrected chi connectivity index (χ2v) is 6.58. The molecule has 1 aliphatic carbocycles. The Morgan fingerprint density at radius 1 is 1.41 bits per heavy atom. The van der Waals surface area contributed by atoms with E-state index in [1.54, 1.807) is 16.8 Å². The maximum absolute atomic E-state index is 13.7. The number of fused-ring (bicyclic) bond motifs is 3. The van der Waals surface area contributed by atoms with Crippen molar-refractivity contribution < 1.29 is 9.50 Å². The first-order valence-corrected chi connectivity index (χ1v) is 7.90. The number of benzene rings is 1. The Bertz CT molecular complexity index is 949. The summed E-state index contributed by atoms with van der Waals surface area (Å²) in [6.07, 6.45) is 3.16. The number of imidazole rings is 1. The number of aromatic amines is 1. The SMILES string of the molecule is O=c1[nH]c2cnc3cc(F)c(Br)cc3c2n1[C@H]1CCC(O)C1. The summed E-state index contributed by atoms with van der Waals surface area (Å²) in [4.78, 5) is 19.4. The first-order chi connectivity index (χ1) is 10.5. The van der Waals surface area contributed by atoms with E-state index in [1.165, 1.54) is 6.07 Å². The zero-order chi connectivity index (χ0) is 15.4. The lowest BCUT2D eigenvalue weighted by Gasteiger charge is -2.13. The zero-order valence-electron chi connectivity index (χ0n) is 11.5. The molecule has 2 atom stereocenters. The van der Waals surface area contributed by atoms with E-state index in [2.05, 4.69) is 25.9 Å². The molecule has 0 aliphatic heterocycles. The van der Waals surface area contributed by atoms with Gasteiger partial charge in [-0.25, -0.2) is 9.18 Å². The molecule has 4 rings (SSSR count). The van der Waals surface area contributed by atoms with Crippen LogP contribution in [0, 0.1) is 5.82 Å². The first kappa shape index (κ1) is 13.9. The number of pyridine rings is 1. The molecule has 1 aromatic carbocycles. The quantitative estimate of drug-likeness (QED) is 0.696. The van der Waals surface area contributed by atoms with Crippen molar-refractivity contribution in [2.45, 2.75) is 31.4 Å². The Balaban J connectivity index is 2.07. The maximum Gasteiger partial charge on any atom is 0.326 e. The Labute approximate surface area is 132 Å². The Morgan fingerprint density at radius 3 is 2.95 bits per heavy atom. The Hall–Kier alpha value is -1.73. The zero-order valence-corrected chi connectivity index (χ0v) is 13.1. The number of nitrogens with zero attached hydrogens (tertiary/aromatic N) is 2. The van der Waals surface area contributed by atoms with E-state index in [-0.39, 0.29) is 23.7 Å². The Kier molecular flexibility index (Phi) is 3.09. The highest BCUT2D eigenvalue weighted by Crippen LogP contribution is 2.34. The molecule has 2 N–H and O–H groups in total. The number of hydrogen-bond acceptors (Lipinski definition) is 3. The summed E-state index contributed by atoms with van der Waals surface area (Å²) >= 11 is 3.19. The molecule has 2 aromatic heterocycles. The molecule has 1 unspecified atom stereocenters. The molecular formula is C15H13BrFN3O2. The van der Waals surface area contributed by atoms with Crippen molar-refractivity contribution >= 4 is 37.9 Å². The number of H-pyrrole nitrogens is 1. The van der Waals surface area contributed by atoms with E-state index in [0.29, 0.717) is 33.7 Å². The van der Waals surface area contributed by atoms with Crippen LogP contribution in [0.4, 0.5) is 4.39 Å². The molecule has 0 bridgehead atoms. The van der Waals surface area contributed by atoms with Gasteiger partial charge in [0.1, 0.15) is 5.82 Å². The van der Waals surface area contributed by atoms with E-state index in [1.807, 2.05) is 0 Å². The van der Waals surface area contributed by atoms with Crippen LogP contribution in [0.25, 0.3) is 21.9 Å². The average Bonchev–Trinajstić information content (AvgIpc) is 3.03. The highest BCUT2D eigenvalue weighted by molar-refractivity contribution is 9.10. The van der Waals surface area contributed by atoms with Gasteiger partial charge in [-0.2, -0.15) is 0 Å². The summed E-state index contributed by atoms with van der Waals surface area (Å²) in [6, 6.07) is 2.95. The van der Waals surface area contributed by atoms with Gasteiger partial charge in [0.2, 0.25) is 0 Å². The molecule has 3 aromatic rings. The molecule has 5 nitrogen and oxygen atoms in total. The normalized spacial score (nSPS) is 22.0. The first-order valence-electron chi connectivity index (χ1n) is 7.10. The largest absolute Gasteiger partial charge is 0.393 e. The van der Waals surface area contributed by atoms with Crippen LogP contribution in [0.15, 0.2) is 27.6 Å². The van der Waals surface area contributed by atoms with E-state index in [0.717, 1.165) is 11.9 Å². The van der Waals surface area contributed by atoms with Gasteiger partial charge in [0.05, 0.1) is 33.3 Å². The number of rotatable bonds is 1. The van der Waals surface area contributed by atoms with E-state index in [9.17, 15) is 14.3 Å². The standard InChI is InChI=1S/C15H13BrFN3O2/c16-10-4-9-12(5-11(10)17)18-6-13-14(9)20(15(22)19-13)7-1-2-8(21)3-7/h4-8,21H,1-3H2,(H,19,22)/t7-,8?/m0/s1. The summed E-state index contributed by atoms with van der Waals surface area (Å²) < 4.78 is 15.7. The van der Waals surface area contributed by atoms with Gasteiger partial charge in [0, 0.05) is 17.5 Å². The fraction of sp³-hybridized carbons (Fsp3) is 0.333. The van der Waals surface area contributed by atoms with Crippen LogP contribution < -0.4 is 5.69 Å². The molecule has 1 saturated carbocycles. The minimum absolute atomic E-state index is 0.0503. The predicted molar refractivity (Wildman–Crippen MR) is 84.4 cm³/mol. The van der Waals surface area contributed by atoms with Gasteiger partial charge in [-0.05, 0) is 41.3 Å². The van der Waals surface area contributed by atoms with Gasteiger partial charge in [-0.3, -0.25) is 9.55 Å². The topological polar surface area (TPSA) is 70.9 Å². The van der Waals surface area contributed by atoms with Crippen molar-refractivity contribution in [2.75, 3.05) is 0 Å². The van der Waals surface area contributed by atoms with Crippen LogP contribution in [-0.4, -0.2) is 25.7 Å². The fourth-order valence-corrected chi connectivity index (χ4v) is 3.66. The smallest absolute Gasteiger partial charge is 0.326 e. The number of nitrogens with one attached hydrogen (secondary N) is 1. The van der Waals surface area contributed by atoms with Crippen LogP contribution in [0.1, 0.15) is 25.3 Å². The van der Waals surface area contributed by atoms with Crippen molar-refractivity contribution in [3.05, 3.63) is 39.1 Å². The average molecular weight is 366 g/mol. The fourth-order valence-electron chi connectivity index (χ4n) is 3.32. The van der Waals surface area contributed by atoms with Crippen LogP contribution in [-0.2, 0) is 0 Å². The molecule has 0 amide bonds. The predicted octanol–water partition coefficient (Wildman–Crippen LogP) is 2.87. The molecular weight excluding hydrogens is 353 g/mol. The van der Waals surface area contributed by atoms with Gasteiger partial charge in [-0.1, -0.05) is 0 Å². The van der Waals surface area contributed by atoms with Gasteiger partial charge >= 0.3 is 5.69 Å². The number of aliphatic hydroxyl groups is 1. The molecule has 0 spiro atoms. The molecule has 22 heavy (non-hydrogen) atoms. The number of aromatic nitrogens is 3. The van der Waals surface area contributed by atoms with Gasteiger partial charge in [0.15, 0.2) is 0 Å². The summed E-state index contributed by atoms with van der Waals surface area (Å²) in [5.74, 6) is -0.389. The van der Waals surface area contributed by atoms with Crippen molar-refractivity contribution in [2.24, 2.45) is 0 Å². The summed E-state index contributed by atoms with van der Waals surface area (Å²) in [6.45, 7) is 0. The number of hydrogen-bond donors (Lipinski definition) is 2. The highest BCUT2D eigenvalue weighted by Gasteiger charge is 2.27. The van der Waals surface area contributed by atoms with Gasteiger partial charge in [0.25, 0.3) is 0 Å².